The van der Waals surface area contributed by atoms with Crippen LogP contribution in [0.1, 0.15) is 20.7 Å². The lowest BCUT2D eigenvalue weighted by atomic mass is 10.1. The van der Waals surface area contributed by atoms with E-state index >= 15 is 0 Å². The number of carbonyl (C=O) groups excluding carboxylic acids is 1. The summed E-state index contributed by atoms with van der Waals surface area (Å²) in [5, 5.41) is 12.2. The van der Waals surface area contributed by atoms with Crippen LogP contribution in [0.15, 0.2) is 102 Å². The summed E-state index contributed by atoms with van der Waals surface area (Å²) in [7, 11) is -4.23. The molecule has 0 aliphatic rings. The number of carboxylic acid groups (broad SMARTS) is 1. The zero-order chi connectivity index (χ0) is 25.0. The van der Waals surface area contributed by atoms with E-state index in [-0.39, 0.29) is 21.7 Å². The molecule has 0 aliphatic heterocycles. The van der Waals surface area contributed by atoms with Crippen molar-refractivity contribution in [2.24, 2.45) is 0 Å². The van der Waals surface area contributed by atoms with E-state index in [0.717, 1.165) is 47.5 Å². The van der Waals surface area contributed by atoms with Gasteiger partial charge in [0, 0.05) is 11.3 Å². The SMILES string of the molecule is O=C(Nc1ccc(-c2ccccc2)cc1)c1ccc(C(=O)O)c(NS(=O)(=O)c2ccc(F)cc2)c1. The monoisotopic (exact) mass is 490 g/mol. The zero-order valence-corrected chi connectivity index (χ0v) is 18.9. The molecule has 7 nitrogen and oxygen atoms in total. The number of carbonyl (C=O) groups is 2. The van der Waals surface area contributed by atoms with E-state index in [9.17, 15) is 27.5 Å². The predicted octanol–water partition coefficient (Wildman–Crippen LogP) is 5.24. The fourth-order valence-electron chi connectivity index (χ4n) is 3.35. The van der Waals surface area contributed by atoms with Crippen molar-refractivity contribution < 1.29 is 27.5 Å². The van der Waals surface area contributed by atoms with Crippen molar-refractivity contribution in [3.8, 4) is 11.1 Å². The number of rotatable bonds is 7. The van der Waals surface area contributed by atoms with Gasteiger partial charge in [-0.2, -0.15) is 0 Å². The van der Waals surface area contributed by atoms with Gasteiger partial charge in [-0.15, -0.1) is 0 Å². The van der Waals surface area contributed by atoms with Crippen LogP contribution in [0.4, 0.5) is 15.8 Å². The second-order valence-corrected chi connectivity index (χ2v) is 9.20. The molecule has 0 atom stereocenters. The quantitative estimate of drug-likeness (QED) is 0.328. The average molecular weight is 491 g/mol. The molecule has 1 amide bonds. The van der Waals surface area contributed by atoms with Crippen LogP contribution in [0.3, 0.4) is 0 Å². The van der Waals surface area contributed by atoms with Crippen LogP contribution in [0.25, 0.3) is 11.1 Å². The van der Waals surface area contributed by atoms with Gasteiger partial charge in [0.1, 0.15) is 5.82 Å². The van der Waals surface area contributed by atoms with Crippen LogP contribution >= 0.6 is 0 Å². The molecule has 4 aromatic rings. The molecule has 0 heterocycles. The molecule has 9 heteroatoms. The second kappa shape index (κ2) is 9.78. The Kier molecular flexibility index (Phi) is 6.61. The molecular weight excluding hydrogens is 471 g/mol. The lowest BCUT2D eigenvalue weighted by molar-refractivity contribution is 0.0697. The molecule has 0 bridgehead atoms. The van der Waals surface area contributed by atoms with Gasteiger partial charge < -0.3 is 10.4 Å². The first-order valence-corrected chi connectivity index (χ1v) is 11.8. The molecule has 0 fully saturated rings. The van der Waals surface area contributed by atoms with Crippen molar-refractivity contribution in [2.45, 2.75) is 4.90 Å². The van der Waals surface area contributed by atoms with Crippen LogP contribution in [0, 0.1) is 5.82 Å². The Morgan fingerprint density at radius 1 is 0.771 bits per heavy atom. The van der Waals surface area contributed by atoms with Gasteiger partial charge in [0.05, 0.1) is 16.1 Å². The molecule has 35 heavy (non-hydrogen) atoms. The standard InChI is InChI=1S/C26H19FN2O5S/c27-20-9-13-22(14-10-20)35(33,34)29-24-16-19(8-15-23(24)26(31)32)25(30)28-21-11-6-18(7-12-21)17-4-2-1-3-5-17/h1-16,29H,(H,28,30)(H,31,32). The first-order valence-electron chi connectivity index (χ1n) is 10.4. The van der Waals surface area contributed by atoms with Crippen LogP contribution in [0.5, 0.6) is 0 Å². The number of hydrogen-bond acceptors (Lipinski definition) is 4. The van der Waals surface area contributed by atoms with Crippen molar-refractivity contribution in [1.29, 1.82) is 0 Å². The van der Waals surface area contributed by atoms with Crippen LogP contribution in [-0.2, 0) is 10.0 Å². The Balaban J connectivity index is 1.57. The number of aromatic carboxylic acids is 1. The molecule has 4 rings (SSSR count). The van der Waals surface area contributed by atoms with Gasteiger partial charge in [0.15, 0.2) is 0 Å². The molecule has 0 saturated carbocycles. The maximum absolute atomic E-state index is 13.2. The number of halogens is 1. The van der Waals surface area contributed by atoms with Crippen LogP contribution < -0.4 is 10.0 Å². The summed E-state index contributed by atoms with van der Waals surface area (Å²) in [5.74, 6) is -2.56. The number of carboxylic acids is 1. The van der Waals surface area contributed by atoms with E-state index < -0.39 is 27.7 Å². The van der Waals surface area contributed by atoms with Crippen LogP contribution in [-0.4, -0.2) is 25.4 Å². The smallest absolute Gasteiger partial charge is 0.337 e. The van der Waals surface area contributed by atoms with Gasteiger partial charge in [-0.05, 0) is 65.7 Å². The average Bonchev–Trinajstić information content (AvgIpc) is 2.85. The summed E-state index contributed by atoms with van der Waals surface area (Å²) < 4.78 is 40.7. The number of sulfonamides is 1. The molecular formula is C26H19FN2O5S. The highest BCUT2D eigenvalue weighted by molar-refractivity contribution is 7.92. The summed E-state index contributed by atoms with van der Waals surface area (Å²) in [6.07, 6.45) is 0. The topological polar surface area (TPSA) is 113 Å². The Bertz CT molecular complexity index is 1490. The highest BCUT2D eigenvalue weighted by Gasteiger charge is 2.20. The van der Waals surface area contributed by atoms with E-state index in [2.05, 4.69) is 10.0 Å². The Hall–Kier alpha value is -4.50. The zero-order valence-electron chi connectivity index (χ0n) is 18.1. The van der Waals surface area contributed by atoms with Gasteiger partial charge in [-0.25, -0.2) is 17.6 Å². The molecule has 0 aromatic heterocycles. The minimum absolute atomic E-state index is 0.0407. The van der Waals surface area contributed by atoms with Crippen molar-refractivity contribution in [1.82, 2.24) is 0 Å². The Morgan fingerprint density at radius 2 is 1.40 bits per heavy atom. The molecule has 0 spiro atoms. The van der Waals surface area contributed by atoms with E-state index in [1.807, 2.05) is 42.5 Å². The minimum Gasteiger partial charge on any atom is -0.478 e. The Morgan fingerprint density at radius 3 is 2.03 bits per heavy atom. The van der Waals surface area contributed by atoms with E-state index in [1.54, 1.807) is 12.1 Å². The molecule has 0 radical (unpaired) electrons. The van der Waals surface area contributed by atoms with E-state index in [4.69, 9.17) is 0 Å². The molecule has 0 saturated heterocycles. The van der Waals surface area contributed by atoms with Crippen molar-refractivity contribution in [3.63, 3.8) is 0 Å². The van der Waals surface area contributed by atoms with Crippen molar-refractivity contribution in [2.75, 3.05) is 10.0 Å². The number of hydrogen-bond donors (Lipinski definition) is 3. The summed E-state index contributed by atoms with van der Waals surface area (Å²) >= 11 is 0. The van der Waals surface area contributed by atoms with E-state index in [1.165, 1.54) is 6.07 Å². The molecule has 3 N–H and O–H groups in total. The largest absolute Gasteiger partial charge is 0.478 e. The maximum atomic E-state index is 13.2. The van der Waals surface area contributed by atoms with E-state index in [0.29, 0.717) is 5.69 Å². The number of amides is 1. The van der Waals surface area contributed by atoms with Gasteiger partial charge in [-0.1, -0.05) is 42.5 Å². The third-order valence-corrected chi connectivity index (χ3v) is 6.51. The molecule has 176 valence electrons. The van der Waals surface area contributed by atoms with Gasteiger partial charge in [0.25, 0.3) is 15.9 Å². The second-order valence-electron chi connectivity index (χ2n) is 7.52. The lowest BCUT2D eigenvalue weighted by Gasteiger charge is -2.13. The highest BCUT2D eigenvalue weighted by atomic mass is 32.2. The van der Waals surface area contributed by atoms with Gasteiger partial charge in [-0.3, -0.25) is 9.52 Å². The lowest BCUT2D eigenvalue weighted by Crippen LogP contribution is -2.17. The predicted molar refractivity (Wildman–Crippen MR) is 130 cm³/mol. The summed E-state index contributed by atoms with van der Waals surface area (Å²) in [6.45, 7) is 0. The fraction of sp³-hybridized carbons (Fsp3) is 0. The van der Waals surface area contributed by atoms with Gasteiger partial charge in [0.2, 0.25) is 0 Å². The summed E-state index contributed by atoms with van der Waals surface area (Å²) in [4.78, 5) is 24.2. The molecule has 0 aliphatic carbocycles. The van der Waals surface area contributed by atoms with Gasteiger partial charge >= 0.3 is 5.97 Å². The number of benzene rings is 4. The normalized spacial score (nSPS) is 11.0. The Labute approximate surface area is 200 Å². The first kappa shape index (κ1) is 23.7. The minimum atomic E-state index is -4.23. The molecule has 0 unspecified atom stereocenters. The van der Waals surface area contributed by atoms with Crippen molar-refractivity contribution in [3.05, 3.63) is 114 Å². The third-order valence-electron chi connectivity index (χ3n) is 5.13. The summed E-state index contributed by atoms with van der Waals surface area (Å²) in [6, 6.07) is 24.4. The maximum Gasteiger partial charge on any atom is 0.337 e. The first-order chi connectivity index (χ1) is 16.7. The third kappa shape index (κ3) is 5.53. The fourth-order valence-corrected chi connectivity index (χ4v) is 4.42. The highest BCUT2D eigenvalue weighted by Crippen LogP contribution is 2.24. The number of anilines is 2. The summed E-state index contributed by atoms with van der Waals surface area (Å²) in [5.41, 5.74) is 1.89. The number of nitrogens with one attached hydrogen (secondary N) is 2. The van der Waals surface area contributed by atoms with Crippen molar-refractivity contribution >= 4 is 33.3 Å². The van der Waals surface area contributed by atoms with Crippen LogP contribution in [0.2, 0.25) is 0 Å². The molecule has 4 aromatic carbocycles.